The van der Waals surface area contributed by atoms with E-state index in [0.717, 1.165) is 12.1 Å². The molecule has 0 radical (unpaired) electrons. The molecule has 0 aliphatic carbocycles. The van der Waals surface area contributed by atoms with E-state index in [1.807, 2.05) is 0 Å². The number of anilines is 1. The topological polar surface area (TPSA) is 85.1 Å². The summed E-state index contributed by atoms with van der Waals surface area (Å²) >= 11 is 0. The van der Waals surface area contributed by atoms with Gasteiger partial charge in [0.05, 0.1) is 11.3 Å². The molecule has 0 unspecified atom stereocenters. The van der Waals surface area contributed by atoms with E-state index in [1.54, 1.807) is 18.2 Å². The average molecular weight is 369 g/mol. The van der Waals surface area contributed by atoms with Crippen LogP contribution in [-0.4, -0.2) is 18.6 Å². The first-order valence-electron chi connectivity index (χ1n) is 6.89. The van der Waals surface area contributed by atoms with Gasteiger partial charge in [-0.3, -0.25) is 0 Å². The van der Waals surface area contributed by atoms with Crippen molar-refractivity contribution in [1.29, 1.82) is 0 Å². The lowest BCUT2D eigenvalue weighted by molar-refractivity contribution is 0.385. The molecule has 1 aromatic heterocycles. The van der Waals surface area contributed by atoms with Crippen molar-refractivity contribution in [1.82, 2.24) is 10.1 Å². The molecule has 3 rings (SSSR count). The third kappa shape index (κ3) is 3.79. The van der Waals surface area contributed by atoms with Crippen LogP contribution in [0, 0.1) is 17.5 Å². The molecular weight excluding hydrogens is 359 g/mol. The van der Waals surface area contributed by atoms with Crippen LogP contribution < -0.4 is 4.72 Å². The predicted molar refractivity (Wildman–Crippen MR) is 80.7 cm³/mol. The summed E-state index contributed by atoms with van der Waals surface area (Å²) in [5, 5.41) is 3.45. The molecule has 1 N–H and O–H groups in total. The lowest BCUT2D eigenvalue weighted by Gasteiger charge is -2.02. The zero-order valence-electron chi connectivity index (χ0n) is 12.4. The Hall–Kier alpha value is -2.88. The molecule has 0 aliphatic rings. The molecule has 6 nitrogen and oxygen atoms in total. The highest BCUT2D eigenvalue weighted by Gasteiger charge is 2.18. The molecule has 0 amide bonds. The van der Waals surface area contributed by atoms with Gasteiger partial charge in [0, 0.05) is 0 Å². The van der Waals surface area contributed by atoms with E-state index in [-0.39, 0.29) is 28.7 Å². The van der Waals surface area contributed by atoms with Gasteiger partial charge in [0.1, 0.15) is 0 Å². The molecular formula is C15H10F3N3O3S. The van der Waals surface area contributed by atoms with Crippen LogP contribution in [0.3, 0.4) is 0 Å². The first-order chi connectivity index (χ1) is 11.8. The van der Waals surface area contributed by atoms with Crippen LogP contribution in [0.4, 0.5) is 19.1 Å². The summed E-state index contributed by atoms with van der Waals surface area (Å²) in [7, 11) is -3.90. The molecule has 0 aliphatic heterocycles. The van der Waals surface area contributed by atoms with Gasteiger partial charge in [0.15, 0.2) is 17.5 Å². The Labute approximate surface area is 140 Å². The van der Waals surface area contributed by atoms with Crippen LogP contribution >= 0.6 is 0 Å². The lowest BCUT2D eigenvalue weighted by Crippen LogP contribution is -2.13. The first kappa shape index (κ1) is 17.0. The van der Waals surface area contributed by atoms with Gasteiger partial charge in [-0.25, -0.2) is 26.3 Å². The fraction of sp³-hybridized carbons (Fsp3) is 0.0667. The van der Waals surface area contributed by atoms with E-state index in [9.17, 15) is 21.6 Å². The van der Waals surface area contributed by atoms with Gasteiger partial charge in [-0.05, 0) is 35.0 Å². The van der Waals surface area contributed by atoms with Crippen LogP contribution in [0.5, 0.6) is 0 Å². The predicted octanol–water partition coefficient (Wildman–Crippen LogP) is 2.88. The summed E-state index contributed by atoms with van der Waals surface area (Å²) in [5.74, 6) is -4.71. The van der Waals surface area contributed by atoms with Crippen molar-refractivity contribution in [2.45, 2.75) is 11.3 Å². The van der Waals surface area contributed by atoms with E-state index in [4.69, 9.17) is 4.52 Å². The second kappa shape index (κ2) is 6.55. The minimum Gasteiger partial charge on any atom is -0.337 e. The molecule has 0 spiro atoms. The van der Waals surface area contributed by atoms with E-state index < -0.39 is 27.5 Å². The molecule has 3 aromatic rings. The highest BCUT2D eigenvalue weighted by atomic mass is 32.2. The second-order valence-corrected chi connectivity index (χ2v) is 6.66. The molecule has 0 saturated heterocycles. The Morgan fingerprint density at radius 3 is 2.32 bits per heavy atom. The molecule has 1 heterocycles. The maximum atomic E-state index is 13.2. The molecule has 10 heteroatoms. The van der Waals surface area contributed by atoms with Crippen LogP contribution in [0.15, 0.2) is 51.9 Å². The highest BCUT2D eigenvalue weighted by Crippen LogP contribution is 2.18. The van der Waals surface area contributed by atoms with Crippen LogP contribution in [0.1, 0.15) is 11.5 Å². The maximum absolute atomic E-state index is 13.2. The normalized spacial score (nSPS) is 11.5. The van der Waals surface area contributed by atoms with Crippen molar-refractivity contribution >= 4 is 16.0 Å². The van der Waals surface area contributed by atoms with Gasteiger partial charge < -0.3 is 4.52 Å². The fourth-order valence-electron chi connectivity index (χ4n) is 2.03. The number of aromatic nitrogens is 2. The third-order valence-corrected chi connectivity index (χ3v) is 4.49. The quantitative estimate of drug-likeness (QED) is 0.699. The van der Waals surface area contributed by atoms with Crippen LogP contribution in [0.2, 0.25) is 0 Å². The van der Waals surface area contributed by atoms with Gasteiger partial charge in [0.25, 0.3) is 16.0 Å². The maximum Gasteiger partial charge on any atom is 0.277 e. The minimum atomic E-state index is -3.90. The van der Waals surface area contributed by atoms with Crippen molar-refractivity contribution in [3.8, 4) is 0 Å². The summed E-state index contributed by atoms with van der Waals surface area (Å²) in [6.07, 6.45) is -0.200. The van der Waals surface area contributed by atoms with Crippen molar-refractivity contribution in [2.24, 2.45) is 0 Å². The number of nitrogens with zero attached hydrogens (tertiary/aromatic N) is 2. The highest BCUT2D eigenvalue weighted by molar-refractivity contribution is 7.92. The van der Waals surface area contributed by atoms with E-state index in [1.165, 1.54) is 12.1 Å². The number of hydrogen-bond donors (Lipinski definition) is 1. The lowest BCUT2D eigenvalue weighted by atomic mass is 10.1. The summed E-state index contributed by atoms with van der Waals surface area (Å²) in [4.78, 5) is 3.80. The standard InChI is InChI=1S/C15H10F3N3O3S/c16-11-6-9(7-12(17)14(11)18)8-13-19-15(20-24-13)21-25(22,23)10-4-2-1-3-5-10/h1-7H,8H2,(H,20,21). The number of benzene rings is 2. The van der Waals surface area contributed by atoms with Crippen LogP contribution in [0.25, 0.3) is 0 Å². The molecule has 0 saturated carbocycles. The zero-order chi connectivity index (χ0) is 18.0. The van der Waals surface area contributed by atoms with Crippen molar-refractivity contribution in [3.63, 3.8) is 0 Å². The second-order valence-electron chi connectivity index (χ2n) is 4.98. The molecule has 130 valence electrons. The Morgan fingerprint density at radius 1 is 1.04 bits per heavy atom. The molecule has 2 aromatic carbocycles. The number of nitrogens with one attached hydrogen (secondary N) is 1. The van der Waals surface area contributed by atoms with E-state index in [0.29, 0.717) is 0 Å². The van der Waals surface area contributed by atoms with Gasteiger partial charge in [0.2, 0.25) is 5.89 Å². The Kier molecular flexibility index (Phi) is 4.45. The van der Waals surface area contributed by atoms with Crippen molar-refractivity contribution < 1.29 is 26.1 Å². The number of hydrogen-bond acceptors (Lipinski definition) is 5. The van der Waals surface area contributed by atoms with E-state index >= 15 is 0 Å². The first-order valence-corrected chi connectivity index (χ1v) is 8.37. The monoisotopic (exact) mass is 369 g/mol. The van der Waals surface area contributed by atoms with Gasteiger partial charge in [-0.15, -0.1) is 0 Å². The van der Waals surface area contributed by atoms with Crippen molar-refractivity contribution in [3.05, 3.63) is 71.4 Å². The molecule has 0 fully saturated rings. The minimum absolute atomic E-state index is 0.00373. The van der Waals surface area contributed by atoms with E-state index in [2.05, 4.69) is 14.9 Å². The van der Waals surface area contributed by atoms with Gasteiger partial charge in [-0.1, -0.05) is 18.2 Å². The largest absolute Gasteiger partial charge is 0.337 e. The van der Waals surface area contributed by atoms with Gasteiger partial charge in [-0.2, -0.15) is 4.98 Å². The molecule has 0 bridgehead atoms. The number of sulfonamides is 1. The zero-order valence-corrected chi connectivity index (χ0v) is 13.2. The summed E-state index contributed by atoms with van der Waals surface area (Å²) in [6.45, 7) is 0. The Bertz CT molecular complexity index is 984. The average Bonchev–Trinajstić information content (AvgIpc) is 2.99. The Balaban J connectivity index is 1.77. The summed E-state index contributed by atoms with van der Waals surface area (Å²) < 4.78 is 70.5. The smallest absolute Gasteiger partial charge is 0.277 e. The van der Waals surface area contributed by atoms with Gasteiger partial charge >= 0.3 is 0 Å². The molecule has 25 heavy (non-hydrogen) atoms. The molecule has 0 atom stereocenters. The fourth-order valence-corrected chi connectivity index (χ4v) is 2.99. The Morgan fingerprint density at radius 2 is 1.68 bits per heavy atom. The third-order valence-electron chi connectivity index (χ3n) is 3.15. The van der Waals surface area contributed by atoms with Crippen LogP contribution in [-0.2, 0) is 16.4 Å². The SMILES string of the molecule is O=S(=O)(Nc1noc(Cc2cc(F)c(F)c(F)c2)n1)c1ccccc1. The summed E-state index contributed by atoms with van der Waals surface area (Å²) in [6, 6.07) is 9.10. The summed E-state index contributed by atoms with van der Waals surface area (Å²) in [5.41, 5.74) is 0.0533. The number of rotatable bonds is 5. The van der Waals surface area contributed by atoms with Crippen molar-refractivity contribution in [2.75, 3.05) is 4.72 Å². The number of halogens is 3.